The van der Waals surface area contributed by atoms with E-state index in [1.807, 2.05) is 26.2 Å². The van der Waals surface area contributed by atoms with Crippen molar-refractivity contribution in [2.75, 3.05) is 26.4 Å². The van der Waals surface area contributed by atoms with Gasteiger partial charge in [0, 0.05) is 18.2 Å². The van der Waals surface area contributed by atoms with Crippen LogP contribution >= 0.6 is 0 Å². The first-order valence-electron chi connectivity index (χ1n) is 5.84. The van der Waals surface area contributed by atoms with Crippen molar-refractivity contribution in [3.63, 3.8) is 0 Å². The van der Waals surface area contributed by atoms with Gasteiger partial charge >= 0.3 is 0 Å². The number of nitrogens with one attached hydrogen (secondary N) is 1. The Labute approximate surface area is 106 Å². The minimum Gasteiger partial charge on any atom is -0.507 e. The van der Waals surface area contributed by atoms with Gasteiger partial charge < -0.3 is 15.7 Å². The minimum absolute atomic E-state index is 0.229. The van der Waals surface area contributed by atoms with E-state index in [1.165, 1.54) is 5.56 Å². The van der Waals surface area contributed by atoms with Crippen molar-refractivity contribution in [3.8, 4) is 17.0 Å². The van der Waals surface area contributed by atoms with E-state index in [2.05, 4.69) is 15.1 Å². The summed E-state index contributed by atoms with van der Waals surface area (Å²) in [7, 11) is 4.08. The summed E-state index contributed by atoms with van der Waals surface area (Å²) in [6.45, 7) is 0.968. The lowest BCUT2D eigenvalue weighted by Crippen LogP contribution is -2.15. The van der Waals surface area contributed by atoms with Crippen molar-refractivity contribution >= 4 is 5.82 Å². The molecule has 0 aliphatic heterocycles. The van der Waals surface area contributed by atoms with E-state index in [0.29, 0.717) is 5.82 Å². The van der Waals surface area contributed by atoms with Gasteiger partial charge in [0.2, 0.25) is 0 Å². The fourth-order valence-corrected chi connectivity index (χ4v) is 1.78. The second kappa shape index (κ2) is 5.10. The maximum atomic E-state index is 9.88. The molecule has 18 heavy (non-hydrogen) atoms. The first-order chi connectivity index (χ1) is 8.56. The second-order valence-corrected chi connectivity index (χ2v) is 4.61. The summed E-state index contributed by atoms with van der Waals surface area (Å²) in [5, 5.41) is 16.6. The number of phenolic OH excluding ortho intramolecular Hbond substituents is 1. The molecule has 2 rings (SSSR count). The Hall–Kier alpha value is -2.01. The molecular weight excluding hydrogens is 228 g/mol. The van der Waals surface area contributed by atoms with Gasteiger partial charge in [0.05, 0.1) is 5.69 Å². The van der Waals surface area contributed by atoms with Gasteiger partial charge in [-0.05, 0) is 38.2 Å². The predicted molar refractivity (Wildman–Crippen MR) is 72.4 cm³/mol. The van der Waals surface area contributed by atoms with E-state index in [4.69, 9.17) is 5.73 Å². The lowest BCUT2D eigenvalue weighted by Gasteiger charge is -2.10. The maximum absolute atomic E-state index is 9.88. The molecule has 5 heteroatoms. The largest absolute Gasteiger partial charge is 0.507 e. The zero-order chi connectivity index (χ0) is 13.1. The van der Waals surface area contributed by atoms with Gasteiger partial charge in [-0.3, -0.25) is 5.10 Å². The SMILES string of the molecule is CN(C)CCc1ccc(O)c(-c2cc(N)n[nH]2)c1. The summed E-state index contributed by atoms with van der Waals surface area (Å²) < 4.78 is 0. The van der Waals surface area contributed by atoms with Crippen LogP contribution in [0.2, 0.25) is 0 Å². The smallest absolute Gasteiger partial charge is 0.145 e. The third kappa shape index (κ3) is 2.81. The first kappa shape index (κ1) is 12.4. The van der Waals surface area contributed by atoms with Gasteiger partial charge in [0.25, 0.3) is 0 Å². The van der Waals surface area contributed by atoms with Crippen molar-refractivity contribution in [1.82, 2.24) is 15.1 Å². The molecule has 0 fully saturated rings. The highest BCUT2D eigenvalue weighted by Gasteiger charge is 2.08. The molecular formula is C13H18N4O. The molecule has 96 valence electrons. The topological polar surface area (TPSA) is 78.2 Å². The van der Waals surface area contributed by atoms with E-state index in [-0.39, 0.29) is 5.75 Å². The van der Waals surface area contributed by atoms with E-state index >= 15 is 0 Å². The number of rotatable bonds is 4. The molecule has 0 saturated heterocycles. The van der Waals surface area contributed by atoms with E-state index in [9.17, 15) is 5.11 Å². The molecule has 1 heterocycles. The number of likely N-dealkylation sites (N-methyl/N-ethyl adjacent to an activating group) is 1. The van der Waals surface area contributed by atoms with Crippen LogP contribution < -0.4 is 5.73 Å². The normalized spacial score (nSPS) is 11.1. The highest BCUT2D eigenvalue weighted by atomic mass is 16.3. The number of aromatic amines is 1. The molecule has 5 nitrogen and oxygen atoms in total. The van der Waals surface area contributed by atoms with Gasteiger partial charge in [-0.1, -0.05) is 6.07 Å². The Morgan fingerprint density at radius 3 is 2.72 bits per heavy atom. The highest BCUT2D eigenvalue weighted by molar-refractivity contribution is 5.69. The van der Waals surface area contributed by atoms with E-state index in [1.54, 1.807) is 12.1 Å². The molecule has 0 radical (unpaired) electrons. The van der Waals surface area contributed by atoms with Crippen molar-refractivity contribution in [1.29, 1.82) is 0 Å². The highest BCUT2D eigenvalue weighted by Crippen LogP contribution is 2.29. The van der Waals surface area contributed by atoms with Crippen LogP contribution in [0.3, 0.4) is 0 Å². The van der Waals surface area contributed by atoms with Gasteiger partial charge in [0.15, 0.2) is 0 Å². The molecule has 0 unspecified atom stereocenters. The Morgan fingerprint density at radius 1 is 1.33 bits per heavy atom. The zero-order valence-electron chi connectivity index (χ0n) is 10.6. The fourth-order valence-electron chi connectivity index (χ4n) is 1.78. The Balaban J connectivity index is 2.27. The molecule has 1 aromatic heterocycles. The Bertz CT molecular complexity index is 534. The first-order valence-corrected chi connectivity index (χ1v) is 5.84. The molecule has 0 saturated carbocycles. The molecule has 2 aromatic rings. The quantitative estimate of drug-likeness (QED) is 0.763. The second-order valence-electron chi connectivity index (χ2n) is 4.61. The van der Waals surface area contributed by atoms with Crippen molar-refractivity contribution in [3.05, 3.63) is 29.8 Å². The number of aromatic hydroxyl groups is 1. The number of H-pyrrole nitrogens is 1. The number of benzene rings is 1. The van der Waals surface area contributed by atoms with Crippen LogP contribution in [-0.4, -0.2) is 40.8 Å². The average molecular weight is 246 g/mol. The lowest BCUT2D eigenvalue weighted by molar-refractivity contribution is 0.413. The molecule has 1 aromatic carbocycles. The van der Waals surface area contributed by atoms with Crippen LogP contribution in [0.15, 0.2) is 24.3 Å². The van der Waals surface area contributed by atoms with Crippen LogP contribution in [0.25, 0.3) is 11.3 Å². The number of aromatic nitrogens is 2. The molecule has 4 N–H and O–H groups in total. The average Bonchev–Trinajstić information content (AvgIpc) is 2.74. The molecule has 0 amide bonds. The maximum Gasteiger partial charge on any atom is 0.145 e. The zero-order valence-corrected chi connectivity index (χ0v) is 10.6. The van der Waals surface area contributed by atoms with Gasteiger partial charge in [-0.15, -0.1) is 0 Å². The molecule has 0 aliphatic carbocycles. The van der Waals surface area contributed by atoms with Gasteiger partial charge in [-0.25, -0.2) is 0 Å². The standard InChI is InChI=1S/C13H18N4O/c1-17(2)6-5-9-3-4-12(18)10(7-9)11-8-13(14)16-15-11/h3-4,7-8,18H,5-6H2,1-2H3,(H3,14,15,16). The number of phenols is 1. The number of anilines is 1. The van der Waals surface area contributed by atoms with Crippen molar-refractivity contribution in [2.24, 2.45) is 0 Å². The van der Waals surface area contributed by atoms with Crippen molar-refractivity contribution < 1.29 is 5.11 Å². The van der Waals surface area contributed by atoms with Crippen LogP contribution in [0.4, 0.5) is 5.82 Å². The predicted octanol–water partition coefficient (Wildman–Crippen LogP) is 1.47. The van der Waals surface area contributed by atoms with E-state index < -0.39 is 0 Å². The number of hydrogen-bond acceptors (Lipinski definition) is 4. The molecule has 0 aliphatic rings. The van der Waals surface area contributed by atoms with Gasteiger partial charge in [-0.2, -0.15) is 5.10 Å². The van der Waals surface area contributed by atoms with Crippen LogP contribution in [-0.2, 0) is 6.42 Å². The molecule has 0 atom stereocenters. The number of nitrogens with two attached hydrogens (primary N) is 1. The molecule has 0 bridgehead atoms. The summed E-state index contributed by atoms with van der Waals surface area (Å²) in [5.41, 5.74) is 8.21. The number of nitrogens with zero attached hydrogens (tertiary/aromatic N) is 2. The number of hydrogen-bond donors (Lipinski definition) is 3. The third-order valence-electron chi connectivity index (χ3n) is 2.80. The summed E-state index contributed by atoms with van der Waals surface area (Å²) in [6.07, 6.45) is 0.934. The Morgan fingerprint density at radius 2 is 2.11 bits per heavy atom. The summed E-state index contributed by atoms with van der Waals surface area (Å²) in [4.78, 5) is 2.13. The monoisotopic (exact) mass is 246 g/mol. The molecule has 0 spiro atoms. The van der Waals surface area contributed by atoms with Crippen LogP contribution in [0.1, 0.15) is 5.56 Å². The summed E-state index contributed by atoms with van der Waals surface area (Å²) in [6, 6.07) is 7.32. The van der Waals surface area contributed by atoms with Gasteiger partial charge in [0.1, 0.15) is 11.6 Å². The Kier molecular flexibility index (Phi) is 3.53. The summed E-state index contributed by atoms with van der Waals surface area (Å²) in [5.74, 6) is 0.648. The van der Waals surface area contributed by atoms with Crippen LogP contribution in [0, 0.1) is 0 Å². The minimum atomic E-state index is 0.229. The van der Waals surface area contributed by atoms with Crippen LogP contribution in [0.5, 0.6) is 5.75 Å². The fraction of sp³-hybridized carbons (Fsp3) is 0.308. The number of nitrogen functional groups attached to an aromatic ring is 1. The lowest BCUT2D eigenvalue weighted by atomic mass is 10.0. The third-order valence-corrected chi connectivity index (χ3v) is 2.80. The van der Waals surface area contributed by atoms with Crippen molar-refractivity contribution in [2.45, 2.75) is 6.42 Å². The van der Waals surface area contributed by atoms with E-state index in [0.717, 1.165) is 24.2 Å². The summed E-state index contributed by atoms with van der Waals surface area (Å²) >= 11 is 0.